The van der Waals surface area contributed by atoms with Gasteiger partial charge in [-0.15, -0.1) is 0 Å². The zero-order valence-electron chi connectivity index (χ0n) is 15.2. The van der Waals surface area contributed by atoms with E-state index in [1.165, 1.54) is 36.8 Å². The maximum atomic E-state index is 11.8. The molecule has 0 N–H and O–H groups in total. The summed E-state index contributed by atoms with van der Waals surface area (Å²) in [4.78, 5) is 11.8. The molecule has 5 rings (SSSR count). The van der Waals surface area contributed by atoms with E-state index in [1.807, 2.05) is 11.6 Å². The Labute approximate surface area is 156 Å². The lowest BCUT2D eigenvalue weighted by atomic mass is 9.50. The van der Waals surface area contributed by atoms with Gasteiger partial charge in [0.2, 0.25) is 0 Å². The maximum Gasteiger partial charge on any atom is 0.155 e. The predicted octanol–water partition coefficient (Wildman–Crippen LogP) is 5.41. The summed E-state index contributed by atoms with van der Waals surface area (Å²) in [6.07, 6.45) is 12.3. The van der Waals surface area contributed by atoms with Crippen molar-refractivity contribution in [3.8, 4) is 0 Å². The number of allylic oxidation sites excluding steroid dienone is 1. The molecule has 25 heavy (non-hydrogen) atoms. The molecule has 0 aromatic carbocycles. The largest absolute Gasteiger partial charge is 0.370 e. The fourth-order valence-corrected chi connectivity index (χ4v) is 8.00. The van der Waals surface area contributed by atoms with Crippen molar-refractivity contribution in [3.63, 3.8) is 0 Å². The van der Waals surface area contributed by atoms with E-state index in [4.69, 9.17) is 16.3 Å². The Morgan fingerprint density at radius 2 is 2.00 bits per heavy atom. The topological polar surface area (TPSA) is 26.3 Å². The van der Waals surface area contributed by atoms with Gasteiger partial charge < -0.3 is 4.74 Å². The van der Waals surface area contributed by atoms with Crippen molar-refractivity contribution < 1.29 is 9.53 Å². The molecule has 136 valence electrons. The van der Waals surface area contributed by atoms with Crippen molar-refractivity contribution in [2.75, 3.05) is 6.61 Å². The van der Waals surface area contributed by atoms with E-state index in [9.17, 15) is 4.79 Å². The molecule has 4 aliphatic carbocycles. The predicted molar refractivity (Wildman–Crippen MR) is 99.3 cm³/mol. The zero-order valence-corrected chi connectivity index (χ0v) is 16.0. The molecule has 1 aliphatic heterocycles. The Balaban J connectivity index is 1.48. The van der Waals surface area contributed by atoms with Crippen LogP contribution in [0.3, 0.4) is 0 Å². The van der Waals surface area contributed by atoms with Crippen LogP contribution in [-0.2, 0) is 9.53 Å². The summed E-state index contributed by atoms with van der Waals surface area (Å²) in [5.41, 5.74) is 4.84. The van der Waals surface area contributed by atoms with Crippen LogP contribution >= 0.6 is 11.6 Å². The third-order valence-electron chi connectivity index (χ3n) is 8.79. The second-order valence-electron chi connectivity index (χ2n) is 9.36. The lowest BCUT2D eigenvalue weighted by Crippen LogP contribution is -2.53. The molecule has 0 aromatic rings. The van der Waals surface area contributed by atoms with Crippen LogP contribution in [0, 0.1) is 29.1 Å². The first kappa shape index (κ1) is 16.6. The van der Waals surface area contributed by atoms with E-state index in [-0.39, 0.29) is 11.0 Å². The first-order chi connectivity index (χ1) is 12.1. The second-order valence-corrected chi connectivity index (χ2v) is 9.58. The summed E-state index contributed by atoms with van der Waals surface area (Å²) in [5, 5.41) is 0. The van der Waals surface area contributed by atoms with Gasteiger partial charge in [0, 0.05) is 17.4 Å². The lowest BCUT2D eigenvalue weighted by molar-refractivity contribution is -0.118. The van der Waals surface area contributed by atoms with E-state index in [2.05, 4.69) is 6.92 Å². The first-order valence-corrected chi connectivity index (χ1v) is 10.7. The van der Waals surface area contributed by atoms with Gasteiger partial charge in [-0.25, -0.2) is 0 Å². The van der Waals surface area contributed by atoms with Gasteiger partial charge in [-0.3, -0.25) is 4.79 Å². The van der Waals surface area contributed by atoms with Crippen molar-refractivity contribution in [2.45, 2.75) is 70.3 Å². The molecule has 6 atom stereocenters. The molecule has 1 spiro atoms. The van der Waals surface area contributed by atoms with Crippen molar-refractivity contribution in [1.29, 1.82) is 0 Å². The van der Waals surface area contributed by atoms with Gasteiger partial charge in [0.25, 0.3) is 0 Å². The molecule has 0 radical (unpaired) electrons. The van der Waals surface area contributed by atoms with Crippen molar-refractivity contribution >= 4 is 17.4 Å². The van der Waals surface area contributed by atoms with Gasteiger partial charge in [0.05, 0.1) is 12.2 Å². The van der Waals surface area contributed by atoms with Crippen LogP contribution in [-0.4, -0.2) is 18.0 Å². The maximum absolute atomic E-state index is 11.8. The molecule has 3 heteroatoms. The lowest BCUT2D eigenvalue weighted by Gasteiger charge is -2.56. The van der Waals surface area contributed by atoms with E-state index in [1.54, 1.807) is 0 Å². The molecule has 1 heterocycles. The number of ketones is 1. The fraction of sp³-hybridized carbons (Fsp3) is 0.773. The second kappa shape index (κ2) is 5.70. The van der Waals surface area contributed by atoms with Gasteiger partial charge in [-0.1, -0.05) is 24.1 Å². The highest BCUT2D eigenvalue weighted by Crippen LogP contribution is 2.68. The molecule has 2 nitrogen and oxygen atoms in total. The van der Waals surface area contributed by atoms with Gasteiger partial charge in [-0.2, -0.15) is 0 Å². The Bertz CT molecular complexity index is 665. The highest BCUT2D eigenvalue weighted by molar-refractivity contribution is 6.25. The number of fused-ring (bicyclic) bond motifs is 6. The molecule has 4 fully saturated rings. The molecule has 1 saturated heterocycles. The quantitative estimate of drug-likeness (QED) is 0.577. The van der Waals surface area contributed by atoms with Crippen molar-refractivity contribution in [1.82, 2.24) is 0 Å². The first-order valence-electron chi connectivity index (χ1n) is 10.3. The smallest absolute Gasteiger partial charge is 0.155 e. The summed E-state index contributed by atoms with van der Waals surface area (Å²) in [6.45, 7) is 3.34. The SMILES string of the molecule is C[C@]12CC[C@H]3[C@@H](CCC4=CC(=O)CC[C@@H]43)[C@@H]1CC[C@@]21OCCC1=CCl. The minimum Gasteiger partial charge on any atom is -0.370 e. The highest BCUT2D eigenvalue weighted by Gasteiger charge is 2.65. The number of carbonyl (C=O) groups is 1. The fourth-order valence-electron chi connectivity index (χ4n) is 7.72. The van der Waals surface area contributed by atoms with Crippen LogP contribution in [0.25, 0.3) is 0 Å². The molecule has 0 aromatic heterocycles. The summed E-state index contributed by atoms with van der Waals surface area (Å²) >= 11 is 6.23. The van der Waals surface area contributed by atoms with E-state index < -0.39 is 0 Å². The molecule has 3 saturated carbocycles. The van der Waals surface area contributed by atoms with Gasteiger partial charge in [0.15, 0.2) is 5.78 Å². The van der Waals surface area contributed by atoms with Gasteiger partial charge in [-0.05, 0) is 86.7 Å². The molecule has 5 aliphatic rings. The third-order valence-corrected chi connectivity index (χ3v) is 9.05. The average molecular weight is 361 g/mol. The number of hydrogen-bond acceptors (Lipinski definition) is 2. The van der Waals surface area contributed by atoms with Crippen LogP contribution in [0.1, 0.15) is 64.7 Å². The monoisotopic (exact) mass is 360 g/mol. The molecule has 0 bridgehead atoms. The number of carbonyl (C=O) groups excluding carboxylic acids is 1. The standard InChI is InChI=1S/C22H29ClO2/c1-21-9-6-18-17-5-3-16(24)12-14(17)2-4-19(18)20(21)7-10-22(21)15(13-23)8-11-25-22/h12-13,17-20H,2-11H2,1H3/t17-,18+,19+,20-,21-,22-/m0/s1. The normalized spacial score (nSPS) is 50.6. The minimum atomic E-state index is -0.0803. The minimum absolute atomic E-state index is 0.0803. The summed E-state index contributed by atoms with van der Waals surface area (Å²) in [5.74, 6) is 3.42. The number of rotatable bonds is 0. The average Bonchev–Trinajstić information content (AvgIpc) is 3.17. The summed E-state index contributed by atoms with van der Waals surface area (Å²) in [6, 6.07) is 0. The number of hydrogen-bond donors (Lipinski definition) is 0. The van der Waals surface area contributed by atoms with Gasteiger partial charge >= 0.3 is 0 Å². The Morgan fingerprint density at radius 1 is 1.12 bits per heavy atom. The number of ether oxygens (including phenoxy) is 1. The molecular weight excluding hydrogens is 332 g/mol. The third kappa shape index (κ3) is 2.10. The molecule has 0 amide bonds. The molecular formula is C22H29ClO2. The van der Waals surface area contributed by atoms with Crippen LogP contribution in [0.5, 0.6) is 0 Å². The highest BCUT2D eigenvalue weighted by atomic mass is 35.5. The Kier molecular flexibility index (Phi) is 3.77. The van der Waals surface area contributed by atoms with Crippen molar-refractivity contribution in [3.05, 3.63) is 22.8 Å². The van der Waals surface area contributed by atoms with E-state index in [0.29, 0.717) is 11.7 Å². The van der Waals surface area contributed by atoms with Crippen molar-refractivity contribution in [2.24, 2.45) is 29.1 Å². The van der Waals surface area contributed by atoms with E-state index >= 15 is 0 Å². The van der Waals surface area contributed by atoms with E-state index in [0.717, 1.165) is 56.5 Å². The van der Waals surface area contributed by atoms with Crippen LogP contribution in [0.2, 0.25) is 0 Å². The summed E-state index contributed by atoms with van der Waals surface area (Å²) < 4.78 is 6.47. The molecule has 0 unspecified atom stereocenters. The van der Waals surface area contributed by atoms with Crippen LogP contribution in [0.15, 0.2) is 22.8 Å². The Morgan fingerprint density at radius 3 is 2.84 bits per heavy atom. The Hall–Kier alpha value is -0.600. The van der Waals surface area contributed by atoms with Crippen LogP contribution in [0.4, 0.5) is 0 Å². The number of halogens is 1. The zero-order chi connectivity index (χ0) is 17.2. The summed E-state index contributed by atoms with van der Waals surface area (Å²) in [7, 11) is 0. The van der Waals surface area contributed by atoms with Gasteiger partial charge in [0.1, 0.15) is 0 Å². The van der Waals surface area contributed by atoms with Crippen LogP contribution < -0.4 is 0 Å².